The van der Waals surface area contributed by atoms with Crippen molar-refractivity contribution in [2.45, 2.75) is 24.7 Å². The van der Waals surface area contributed by atoms with Crippen molar-refractivity contribution < 1.29 is 36.9 Å². The van der Waals surface area contributed by atoms with E-state index in [4.69, 9.17) is 18.9 Å². The summed E-state index contributed by atoms with van der Waals surface area (Å²) in [6.45, 7) is 0. The fraction of sp³-hybridized carbons (Fsp3) is 0.296. The quantitative estimate of drug-likeness (QED) is 0.286. The molecule has 0 unspecified atom stereocenters. The molecule has 0 spiro atoms. The number of hydrogen-bond acceptors (Lipinski definition) is 6. The van der Waals surface area contributed by atoms with Crippen LogP contribution < -0.4 is 29.6 Å². The van der Waals surface area contributed by atoms with Crippen LogP contribution in [0.1, 0.15) is 17.2 Å². The number of anilines is 1. The summed E-state index contributed by atoms with van der Waals surface area (Å²) in [5.74, 6) is -0.174. The Balaban J connectivity index is 2.13. The molecule has 7 nitrogen and oxygen atoms in total. The van der Waals surface area contributed by atoms with Crippen LogP contribution in [0.15, 0.2) is 65.1 Å². The molecule has 0 aromatic heterocycles. The van der Waals surface area contributed by atoms with Gasteiger partial charge in [-0.1, -0.05) is 34.1 Å². The van der Waals surface area contributed by atoms with Gasteiger partial charge < -0.3 is 29.6 Å². The molecule has 0 heterocycles. The molecule has 0 radical (unpaired) electrons. The largest absolute Gasteiger partial charge is 0.497 e. The molecule has 1 amide bonds. The van der Waals surface area contributed by atoms with Gasteiger partial charge in [-0.25, -0.2) is 0 Å². The molecule has 3 rings (SSSR count). The normalized spacial score (nSPS) is 12.7. The van der Waals surface area contributed by atoms with Gasteiger partial charge in [-0.2, -0.15) is 13.2 Å². The highest BCUT2D eigenvalue weighted by Gasteiger charge is 2.41. The van der Waals surface area contributed by atoms with E-state index in [2.05, 4.69) is 26.6 Å². The van der Waals surface area contributed by atoms with Crippen molar-refractivity contribution in [3.05, 3.63) is 76.3 Å². The van der Waals surface area contributed by atoms with Crippen molar-refractivity contribution >= 4 is 27.5 Å². The number of benzene rings is 3. The molecule has 204 valence electrons. The molecule has 38 heavy (non-hydrogen) atoms. The number of hydrogen-bond donors (Lipinski definition) is 2. The van der Waals surface area contributed by atoms with Crippen LogP contribution in [-0.4, -0.2) is 46.6 Å². The van der Waals surface area contributed by atoms with Crippen molar-refractivity contribution in [3.8, 4) is 23.0 Å². The summed E-state index contributed by atoms with van der Waals surface area (Å²) in [5.41, 5.74) is 1.74. The lowest BCUT2D eigenvalue weighted by Gasteiger charge is -2.32. The van der Waals surface area contributed by atoms with Gasteiger partial charge in [-0.05, 0) is 54.4 Å². The van der Waals surface area contributed by atoms with Crippen LogP contribution in [-0.2, 0) is 11.2 Å². The van der Waals surface area contributed by atoms with Gasteiger partial charge in [-0.15, -0.1) is 0 Å². The molecule has 0 bridgehead atoms. The maximum absolute atomic E-state index is 13.4. The Bertz CT molecular complexity index is 1240. The summed E-state index contributed by atoms with van der Waals surface area (Å²) in [6.07, 6.45) is -5.09. The van der Waals surface area contributed by atoms with Crippen LogP contribution >= 0.6 is 15.9 Å². The second kappa shape index (κ2) is 12.8. The Morgan fingerprint density at radius 1 is 0.868 bits per heavy atom. The number of ether oxygens (including phenoxy) is 4. The smallest absolute Gasteiger partial charge is 0.471 e. The minimum absolute atomic E-state index is 0.00533. The van der Waals surface area contributed by atoms with Gasteiger partial charge in [0.2, 0.25) is 0 Å². The third kappa shape index (κ3) is 7.03. The van der Waals surface area contributed by atoms with Crippen molar-refractivity contribution in [3.63, 3.8) is 0 Å². The minimum atomic E-state index is -5.08. The van der Waals surface area contributed by atoms with Gasteiger partial charge in [0.1, 0.15) is 11.5 Å². The van der Waals surface area contributed by atoms with Gasteiger partial charge >= 0.3 is 12.1 Å². The van der Waals surface area contributed by atoms with Crippen molar-refractivity contribution in [1.82, 2.24) is 5.32 Å². The Morgan fingerprint density at radius 3 is 2.05 bits per heavy atom. The molecule has 2 atom stereocenters. The molecule has 3 aromatic carbocycles. The number of rotatable bonds is 11. The van der Waals surface area contributed by atoms with Crippen LogP contribution in [0, 0.1) is 0 Å². The number of carbonyl (C=O) groups is 1. The van der Waals surface area contributed by atoms with Crippen molar-refractivity contribution in [2.75, 3.05) is 33.8 Å². The molecule has 0 saturated carbocycles. The van der Waals surface area contributed by atoms with E-state index in [9.17, 15) is 18.0 Å². The number of amides is 1. The average Bonchev–Trinajstić information content (AvgIpc) is 2.91. The van der Waals surface area contributed by atoms with E-state index < -0.39 is 24.2 Å². The standard InChI is InChI=1S/C27H28BrF3N2O5/c1-35-18-11-9-17(10-12-18)32-25(19-7-5-6-8-22(19)36-2)21(33-26(34)27(29,30)31)13-16-14-23(37-3)24(38-4)15-20(16)28/h5-12,14-15,21,25,32H,13H2,1-4H3,(H,33,34)/t21-,25+/m0/s1. The Labute approximate surface area is 227 Å². The molecule has 0 saturated heterocycles. The topological polar surface area (TPSA) is 78.1 Å². The number of methoxy groups -OCH3 is 4. The molecular formula is C27H28BrF3N2O5. The van der Waals surface area contributed by atoms with E-state index in [1.165, 1.54) is 28.4 Å². The van der Waals surface area contributed by atoms with Crippen LogP contribution in [0.2, 0.25) is 0 Å². The summed E-state index contributed by atoms with van der Waals surface area (Å²) in [7, 11) is 5.94. The van der Waals surface area contributed by atoms with Crippen LogP contribution in [0.4, 0.5) is 18.9 Å². The van der Waals surface area contributed by atoms with Crippen LogP contribution in [0.5, 0.6) is 23.0 Å². The lowest BCUT2D eigenvalue weighted by molar-refractivity contribution is -0.174. The molecule has 0 aliphatic carbocycles. The predicted octanol–water partition coefficient (Wildman–Crippen LogP) is 5.93. The predicted molar refractivity (Wildman–Crippen MR) is 141 cm³/mol. The minimum Gasteiger partial charge on any atom is -0.497 e. The molecule has 3 aromatic rings. The summed E-state index contributed by atoms with van der Waals surface area (Å²) >= 11 is 3.47. The first kappa shape index (κ1) is 29.0. The number of alkyl halides is 3. The van der Waals surface area contributed by atoms with E-state index in [0.717, 1.165) is 0 Å². The zero-order valence-electron chi connectivity index (χ0n) is 21.2. The fourth-order valence-corrected chi connectivity index (χ4v) is 4.46. The Morgan fingerprint density at radius 2 is 1.47 bits per heavy atom. The SMILES string of the molecule is COc1ccc(N[C@H](c2ccccc2OC)[C@H](Cc2cc(OC)c(OC)cc2Br)NC(=O)C(F)(F)F)cc1. The van der Waals surface area contributed by atoms with Gasteiger partial charge in [0.25, 0.3) is 0 Å². The first-order valence-corrected chi connectivity index (χ1v) is 12.2. The zero-order chi connectivity index (χ0) is 27.9. The first-order valence-electron chi connectivity index (χ1n) is 11.4. The van der Waals surface area contributed by atoms with Gasteiger partial charge in [0.15, 0.2) is 11.5 Å². The highest BCUT2D eigenvalue weighted by molar-refractivity contribution is 9.10. The van der Waals surface area contributed by atoms with Gasteiger partial charge in [0.05, 0.1) is 40.5 Å². The summed E-state index contributed by atoms with van der Waals surface area (Å²) < 4.78 is 62.4. The number of para-hydroxylation sites is 1. The zero-order valence-corrected chi connectivity index (χ0v) is 22.8. The maximum Gasteiger partial charge on any atom is 0.471 e. The summed E-state index contributed by atoms with van der Waals surface area (Å²) in [6, 6.07) is 15.2. The highest BCUT2D eigenvalue weighted by Crippen LogP contribution is 2.37. The highest BCUT2D eigenvalue weighted by atomic mass is 79.9. The van der Waals surface area contributed by atoms with E-state index >= 15 is 0 Å². The van der Waals surface area contributed by atoms with E-state index in [1.807, 2.05) is 0 Å². The second-order valence-corrected chi connectivity index (χ2v) is 9.03. The number of carbonyl (C=O) groups excluding carboxylic acids is 1. The lowest BCUT2D eigenvalue weighted by atomic mass is 9.92. The first-order chi connectivity index (χ1) is 18.1. The molecule has 0 aliphatic rings. The molecule has 0 aliphatic heterocycles. The molecule has 2 N–H and O–H groups in total. The van der Waals surface area contributed by atoms with E-state index in [0.29, 0.717) is 44.3 Å². The molecule has 11 heteroatoms. The van der Waals surface area contributed by atoms with Crippen molar-refractivity contribution in [1.29, 1.82) is 0 Å². The number of nitrogens with one attached hydrogen (secondary N) is 2. The van der Waals surface area contributed by atoms with Gasteiger partial charge in [-0.3, -0.25) is 4.79 Å². The Kier molecular flexibility index (Phi) is 9.73. The second-order valence-electron chi connectivity index (χ2n) is 8.17. The Hall–Kier alpha value is -3.60. The van der Waals surface area contributed by atoms with Crippen molar-refractivity contribution in [2.24, 2.45) is 0 Å². The molecule has 0 fully saturated rings. The monoisotopic (exact) mass is 596 g/mol. The fourth-order valence-electron chi connectivity index (χ4n) is 3.98. The van der Waals surface area contributed by atoms with Crippen LogP contribution in [0.25, 0.3) is 0 Å². The summed E-state index contributed by atoms with van der Waals surface area (Å²) in [4.78, 5) is 12.2. The number of halogens is 4. The third-order valence-corrected chi connectivity index (χ3v) is 6.59. The summed E-state index contributed by atoms with van der Waals surface area (Å²) in [5, 5.41) is 5.47. The molecular weight excluding hydrogens is 569 g/mol. The van der Waals surface area contributed by atoms with Crippen LogP contribution in [0.3, 0.4) is 0 Å². The van der Waals surface area contributed by atoms with E-state index in [-0.39, 0.29) is 6.42 Å². The van der Waals surface area contributed by atoms with E-state index in [1.54, 1.807) is 60.7 Å². The van der Waals surface area contributed by atoms with Gasteiger partial charge in [0, 0.05) is 15.7 Å². The third-order valence-electron chi connectivity index (χ3n) is 5.85. The lowest BCUT2D eigenvalue weighted by Crippen LogP contribution is -2.48. The average molecular weight is 597 g/mol. The maximum atomic E-state index is 13.4.